The summed E-state index contributed by atoms with van der Waals surface area (Å²) in [5.41, 5.74) is 0.593. The molecule has 2 rings (SSSR count). The molecule has 1 aliphatic carbocycles. The Balaban J connectivity index is 2.20. The summed E-state index contributed by atoms with van der Waals surface area (Å²) in [6, 6.07) is 5.31. The first kappa shape index (κ1) is 13.2. The molecule has 0 radical (unpaired) electrons. The van der Waals surface area contributed by atoms with Gasteiger partial charge >= 0.3 is 0 Å². The van der Waals surface area contributed by atoms with Crippen molar-refractivity contribution in [2.24, 2.45) is 5.92 Å². The average Bonchev–Trinajstić information content (AvgIpc) is 2.98. The molecule has 17 heavy (non-hydrogen) atoms. The van der Waals surface area contributed by atoms with Gasteiger partial charge in [0.25, 0.3) is 0 Å². The summed E-state index contributed by atoms with van der Waals surface area (Å²) >= 11 is 3.36. The monoisotopic (exact) mass is 338 g/mol. The second kappa shape index (κ2) is 5.16. The van der Waals surface area contributed by atoms with E-state index in [0.717, 1.165) is 4.47 Å². The molecule has 0 aromatic heterocycles. The molecule has 0 amide bonds. The van der Waals surface area contributed by atoms with Gasteiger partial charge in [-0.2, -0.15) is 0 Å². The normalized spacial score (nSPS) is 15.9. The molecule has 0 bridgehead atoms. The minimum absolute atomic E-state index is 0.214. The van der Waals surface area contributed by atoms with Crippen LogP contribution in [0.15, 0.2) is 22.7 Å². The average molecular weight is 340 g/mol. The van der Waals surface area contributed by atoms with Crippen LogP contribution in [0.2, 0.25) is 0 Å². The summed E-state index contributed by atoms with van der Waals surface area (Å²) in [6.07, 6.45) is 2.38. The molecule has 0 atom stereocenters. The molecular weight excluding hydrogens is 328 g/mol. The fourth-order valence-corrected chi connectivity index (χ4v) is 2.97. The summed E-state index contributed by atoms with van der Waals surface area (Å²) < 4.78 is 28.6. The lowest BCUT2D eigenvalue weighted by atomic mass is 10.2. The second-order valence-electron chi connectivity index (χ2n) is 4.17. The van der Waals surface area contributed by atoms with Gasteiger partial charge < -0.3 is 4.74 Å². The SMILES string of the molecule is O=S(=O)(Cl)Cc1cccc(Br)c1OCC1CC1. The van der Waals surface area contributed by atoms with Crippen LogP contribution >= 0.6 is 26.6 Å². The molecule has 0 heterocycles. The third-order valence-corrected chi connectivity index (χ3v) is 4.14. The maximum absolute atomic E-state index is 11.1. The third kappa shape index (κ3) is 4.16. The van der Waals surface area contributed by atoms with E-state index in [-0.39, 0.29) is 5.75 Å². The molecule has 1 saturated carbocycles. The van der Waals surface area contributed by atoms with E-state index in [4.69, 9.17) is 15.4 Å². The zero-order valence-electron chi connectivity index (χ0n) is 9.03. The zero-order valence-corrected chi connectivity index (χ0v) is 12.2. The fourth-order valence-electron chi connectivity index (χ4n) is 1.50. The quantitative estimate of drug-likeness (QED) is 0.773. The van der Waals surface area contributed by atoms with Crippen LogP contribution in [0.5, 0.6) is 5.75 Å². The standard InChI is InChI=1S/C11H12BrClO3S/c12-10-3-1-2-9(7-17(13,14)15)11(10)16-6-8-4-5-8/h1-3,8H,4-7H2. The van der Waals surface area contributed by atoms with Gasteiger partial charge in [0.2, 0.25) is 9.05 Å². The Labute approximate surface area is 114 Å². The van der Waals surface area contributed by atoms with Crippen LogP contribution in [0.4, 0.5) is 0 Å². The molecule has 0 saturated heterocycles. The topological polar surface area (TPSA) is 43.4 Å². The van der Waals surface area contributed by atoms with E-state index >= 15 is 0 Å². The Kier molecular flexibility index (Phi) is 4.00. The highest BCUT2D eigenvalue weighted by atomic mass is 79.9. The molecule has 0 unspecified atom stereocenters. The van der Waals surface area contributed by atoms with Gasteiger partial charge in [-0.1, -0.05) is 12.1 Å². The first-order valence-electron chi connectivity index (χ1n) is 5.28. The van der Waals surface area contributed by atoms with Crippen LogP contribution in [0.25, 0.3) is 0 Å². The van der Waals surface area contributed by atoms with Crippen molar-refractivity contribution in [1.29, 1.82) is 0 Å². The first-order valence-corrected chi connectivity index (χ1v) is 8.55. The van der Waals surface area contributed by atoms with Crippen molar-refractivity contribution in [2.45, 2.75) is 18.6 Å². The molecule has 1 aliphatic rings. The molecule has 1 fully saturated rings. The van der Waals surface area contributed by atoms with Gasteiger partial charge in [0.1, 0.15) is 5.75 Å². The number of rotatable bonds is 5. The highest BCUT2D eigenvalue weighted by molar-refractivity contribution is 9.10. The summed E-state index contributed by atoms with van der Waals surface area (Å²) in [5, 5.41) is 0. The summed E-state index contributed by atoms with van der Waals surface area (Å²) in [5.74, 6) is 0.986. The third-order valence-electron chi connectivity index (χ3n) is 2.54. The van der Waals surface area contributed by atoms with E-state index in [9.17, 15) is 8.42 Å². The highest BCUT2D eigenvalue weighted by Crippen LogP contribution is 2.34. The van der Waals surface area contributed by atoms with Crippen molar-refractivity contribution in [1.82, 2.24) is 0 Å². The van der Waals surface area contributed by atoms with Crippen molar-refractivity contribution in [3.8, 4) is 5.75 Å². The minimum Gasteiger partial charge on any atom is -0.492 e. The Morgan fingerprint density at radius 1 is 1.41 bits per heavy atom. The lowest BCUT2D eigenvalue weighted by molar-refractivity contribution is 0.295. The van der Waals surface area contributed by atoms with Gasteiger partial charge in [0, 0.05) is 16.2 Å². The molecule has 0 aliphatic heterocycles. The number of hydrogen-bond donors (Lipinski definition) is 0. The van der Waals surface area contributed by atoms with Crippen LogP contribution < -0.4 is 4.74 Å². The second-order valence-corrected chi connectivity index (χ2v) is 7.80. The van der Waals surface area contributed by atoms with Crippen LogP contribution in [0.1, 0.15) is 18.4 Å². The molecular formula is C11H12BrClO3S. The number of benzene rings is 1. The Bertz CT molecular complexity index is 511. The predicted molar refractivity (Wildman–Crippen MR) is 70.8 cm³/mol. The van der Waals surface area contributed by atoms with Crippen molar-refractivity contribution in [2.75, 3.05) is 6.61 Å². The van der Waals surface area contributed by atoms with E-state index in [1.54, 1.807) is 12.1 Å². The fraction of sp³-hybridized carbons (Fsp3) is 0.455. The van der Waals surface area contributed by atoms with Crippen LogP contribution in [0.3, 0.4) is 0 Å². The van der Waals surface area contributed by atoms with Crippen molar-refractivity contribution >= 4 is 35.7 Å². The van der Waals surface area contributed by atoms with E-state index in [1.807, 2.05) is 6.07 Å². The molecule has 0 N–H and O–H groups in total. The van der Waals surface area contributed by atoms with Crippen LogP contribution in [-0.4, -0.2) is 15.0 Å². The van der Waals surface area contributed by atoms with Crippen LogP contribution in [0, 0.1) is 5.92 Å². The molecule has 0 spiro atoms. The lowest BCUT2D eigenvalue weighted by Gasteiger charge is -2.12. The zero-order chi connectivity index (χ0) is 12.5. The predicted octanol–water partition coefficient (Wildman–Crippen LogP) is 3.31. The van der Waals surface area contributed by atoms with Crippen LogP contribution in [-0.2, 0) is 14.8 Å². The number of ether oxygens (including phenoxy) is 1. The van der Waals surface area contributed by atoms with Gasteiger partial charge in [-0.05, 0) is 40.8 Å². The van der Waals surface area contributed by atoms with Gasteiger partial charge in [-0.15, -0.1) is 0 Å². The maximum atomic E-state index is 11.1. The van der Waals surface area contributed by atoms with Crippen molar-refractivity contribution in [3.63, 3.8) is 0 Å². The number of halogens is 2. The van der Waals surface area contributed by atoms with E-state index in [1.165, 1.54) is 12.8 Å². The molecule has 94 valence electrons. The Hall–Kier alpha value is -0.260. The Morgan fingerprint density at radius 2 is 2.12 bits per heavy atom. The van der Waals surface area contributed by atoms with Gasteiger partial charge in [-0.3, -0.25) is 0 Å². The molecule has 6 heteroatoms. The lowest BCUT2D eigenvalue weighted by Crippen LogP contribution is -2.04. The van der Waals surface area contributed by atoms with E-state index < -0.39 is 9.05 Å². The largest absolute Gasteiger partial charge is 0.492 e. The molecule has 3 nitrogen and oxygen atoms in total. The van der Waals surface area contributed by atoms with E-state index in [0.29, 0.717) is 23.8 Å². The van der Waals surface area contributed by atoms with E-state index in [2.05, 4.69) is 15.9 Å². The summed E-state index contributed by atoms with van der Waals surface area (Å²) in [6.45, 7) is 0.637. The van der Waals surface area contributed by atoms with Gasteiger partial charge in [0.05, 0.1) is 16.8 Å². The maximum Gasteiger partial charge on any atom is 0.236 e. The first-order chi connectivity index (χ1) is 7.96. The van der Waals surface area contributed by atoms with Gasteiger partial charge in [0.15, 0.2) is 0 Å². The van der Waals surface area contributed by atoms with Crippen molar-refractivity contribution < 1.29 is 13.2 Å². The minimum atomic E-state index is -3.57. The highest BCUT2D eigenvalue weighted by Gasteiger charge is 2.23. The molecule has 1 aromatic carbocycles. The smallest absolute Gasteiger partial charge is 0.236 e. The summed E-state index contributed by atoms with van der Waals surface area (Å²) in [4.78, 5) is 0. The number of hydrogen-bond acceptors (Lipinski definition) is 3. The summed E-state index contributed by atoms with van der Waals surface area (Å²) in [7, 11) is 1.70. The van der Waals surface area contributed by atoms with Crippen molar-refractivity contribution in [3.05, 3.63) is 28.2 Å². The Morgan fingerprint density at radius 3 is 2.71 bits per heavy atom. The van der Waals surface area contributed by atoms with Gasteiger partial charge in [-0.25, -0.2) is 8.42 Å². The number of para-hydroxylation sites is 1. The molecule has 1 aromatic rings.